The van der Waals surface area contributed by atoms with Crippen LogP contribution in [0.3, 0.4) is 0 Å². The Balaban J connectivity index is 2.11. The van der Waals surface area contributed by atoms with Crippen LogP contribution in [0.5, 0.6) is 0 Å². The van der Waals surface area contributed by atoms with Gasteiger partial charge in [0.25, 0.3) is 0 Å². The molecule has 0 atom stereocenters. The molecule has 3 N–H and O–H groups in total. The number of hydrogen-bond acceptors (Lipinski definition) is 6. The average Bonchev–Trinajstić information content (AvgIpc) is 2.77. The highest BCUT2D eigenvalue weighted by Crippen LogP contribution is 2.21. The van der Waals surface area contributed by atoms with Gasteiger partial charge in [-0.3, -0.25) is 0 Å². The van der Waals surface area contributed by atoms with Crippen molar-refractivity contribution in [2.24, 2.45) is 5.84 Å². The molecule has 0 spiro atoms. The normalized spacial score (nSPS) is 10.3. The van der Waals surface area contributed by atoms with E-state index in [1.807, 2.05) is 7.05 Å². The summed E-state index contributed by atoms with van der Waals surface area (Å²) in [5, 5.41) is 4.86. The zero-order chi connectivity index (χ0) is 12.3. The number of aryl methyl sites for hydroxylation is 1. The molecular weight excluding hydrogens is 234 g/mol. The number of anilines is 2. The van der Waals surface area contributed by atoms with E-state index in [-0.39, 0.29) is 0 Å². The number of benzene rings is 1. The maximum absolute atomic E-state index is 5.39. The van der Waals surface area contributed by atoms with Crippen molar-refractivity contribution in [2.45, 2.75) is 13.5 Å². The summed E-state index contributed by atoms with van der Waals surface area (Å²) in [6, 6.07) is 8.36. The molecule has 6 heteroatoms. The summed E-state index contributed by atoms with van der Waals surface area (Å²) in [4.78, 5) is 2.11. The molecule has 0 saturated carbocycles. The molecule has 0 aliphatic heterocycles. The third-order valence-corrected chi connectivity index (χ3v) is 3.25. The first kappa shape index (κ1) is 11.8. The second-order valence-corrected chi connectivity index (χ2v) is 4.64. The lowest BCUT2D eigenvalue weighted by Crippen LogP contribution is -2.18. The van der Waals surface area contributed by atoms with Crippen LogP contribution in [0.4, 0.5) is 10.7 Å². The predicted octanol–water partition coefficient (Wildman–Crippen LogP) is 1.77. The topological polar surface area (TPSA) is 67.1 Å². The Morgan fingerprint density at radius 3 is 2.71 bits per heavy atom. The van der Waals surface area contributed by atoms with Crippen LogP contribution in [0.25, 0.3) is 0 Å². The molecule has 17 heavy (non-hydrogen) atoms. The third kappa shape index (κ3) is 2.72. The van der Waals surface area contributed by atoms with Crippen molar-refractivity contribution in [3.8, 4) is 0 Å². The van der Waals surface area contributed by atoms with Gasteiger partial charge in [0.2, 0.25) is 0 Å². The Hall–Kier alpha value is -1.66. The molecule has 0 saturated heterocycles. The van der Waals surface area contributed by atoms with Crippen molar-refractivity contribution in [1.82, 2.24) is 9.59 Å². The zero-order valence-corrected chi connectivity index (χ0v) is 10.7. The largest absolute Gasteiger partial charge is 0.368 e. The fourth-order valence-electron chi connectivity index (χ4n) is 1.54. The van der Waals surface area contributed by atoms with Crippen LogP contribution in [0.1, 0.15) is 11.3 Å². The number of aromatic nitrogens is 2. The van der Waals surface area contributed by atoms with Crippen LogP contribution in [-0.2, 0) is 6.54 Å². The minimum atomic E-state index is 0.680. The van der Waals surface area contributed by atoms with E-state index < -0.39 is 0 Å². The Bertz CT molecular complexity index is 479. The van der Waals surface area contributed by atoms with Crippen LogP contribution < -0.4 is 16.2 Å². The smallest absolute Gasteiger partial charge is 0.149 e. The van der Waals surface area contributed by atoms with Crippen molar-refractivity contribution in [1.29, 1.82) is 0 Å². The first-order valence-corrected chi connectivity index (χ1v) is 6.03. The highest BCUT2D eigenvalue weighted by Gasteiger charge is 2.09. The van der Waals surface area contributed by atoms with Gasteiger partial charge in [-0.2, -0.15) is 0 Å². The lowest BCUT2D eigenvalue weighted by molar-refractivity contribution is 0.872. The molecule has 1 aromatic heterocycles. The quantitative estimate of drug-likeness (QED) is 0.638. The van der Waals surface area contributed by atoms with E-state index in [1.54, 1.807) is 0 Å². The Labute approximate surface area is 104 Å². The van der Waals surface area contributed by atoms with Crippen LogP contribution in [0.2, 0.25) is 0 Å². The van der Waals surface area contributed by atoms with Crippen molar-refractivity contribution >= 4 is 22.2 Å². The monoisotopic (exact) mass is 249 g/mol. The van der Waals surface area contributed by atoms with Gasteiger partial charge >= 0.3 is 0 Å². The van der Waals surface area contributed by atoms with Crippen molar-refractivity contribution in [3.63, 3.8) is 0 Å². The summed E-state index contributed by atoms with van der Waals surface area (Å²) in [7, 11) is 2.02. The van der Waals surface area contributed by atoms with Crippen LogP contribution >= 0.6 is 11.5 Å². The number of nitrogens with one attached hydrogen (secondary N) is 1. The standard InChI is InChI=1S/C11H15N5S/c1-8-3-5-9(6-4-8)16(2)7-10-11(13-12)17-15-14-10/h3-6,13H,7,12H2,1-2H3. The SMILES string of the molecule is Cc1ccc(N(C)Cc2nnsc2NN)cc1. The van der Waals surface area contributed by atoms with Crippen LogP contribution in [0.15, 0.2) is 24.3 Å². The summed E-state index contributed by atoms with van der Waals surface area (Å²) < 4.78 is 3.88. The van der Waals surface area contributed by atoms with E-state index in [9.17, 15) is 0 Å². The molecule has 0 unspecified atom stereocenters. The summed E-state index contributed by atoms with van der Waals surface area (Å²) >= 11 is 1.27. The molecule has 1 aromatic carbocycles. The second-order valence-electron chi connectivity index (χ2n) is 3.88. The summed E-state index contributed by atoms with van der Waals surface area (Å²) in [6.07, 6.45) is 0. The van der Waals surface area contributed by atoms with E-state index in [0.29, 0.717) is 6.54 Å². The van der Waals surface area contributed by atoms with E-state index in [1.165, 1.54) is 17.1 Å². The van der Waals surface area contributed by atoms with Gasteiger partial charge in [0, 0.05) is 24.3 Å². The Morgan fingerprint density at radius 1 is 1.35 bits per heavy atom. The first-order chi connectivity index (χ1) is 8.20. The average molecular weight is 249 g/mol. The van der Waals surface area contributed by atoms with Crippen molar-refractivity contribution in [3.05, 3.63) is 35.5 Å². The number of hydrogen-bond donors (Lipinski definition) is 2. The molecular formula is C11H15N5S. The molecule has 5 nitrogen and oxygen atoms in total. The molecule has 0 bridgehead atoms. The molecule has 0 fully saturated rings. The lowest BCUT2D eigenvalue weighted by atomic mass is 10.2. The molecule has 90 valence electrons. The fraction of sp³-hybridized carbons (Fsp3) is 0.273. The lowest BCUT2D eigenvalue weighted by Gasteiger charge is -2.18. The van der Waals surface area contributed by atoms with Crippen LogP contribution in [0, 0.1) is 6.92 Å². The maximum atomic E-state index is 5.39. The van der Waals surface area contributed by atoms with E-state index >= 15 is 0 Å². The number of nitrogen functional groups attached to an aromatic ring is 1. The number of nitrogens with two attached hydrogens (primary N) is 1. The molecule has 0 radical (unpaired) electrons. The van der Waals surface area contributed by atoms with Gasteiger partial charge in [0.1, 0.15) is 10.7 Å². The van der Waals surface area contributed by atoms with E-state index in [4.69, 9.17) is 5.84 Å². The van der Waals surface area contributed by atoms with Gasteiger partial charge in [0.05, 0.1) is 6.54 Å². The maximum Gasteiger partial charge on any atom is 0.149 e. The first-order valence-electron chi connectivity index (χ1n) is 5.26. The van der Waals surface area contributed by atoms with E-state index in [2.05, 4.69) is 51.1 Å². The molecule has 0 amide bonds. The minimum Gasteiger partial charge on any atom is -0.368 e. The van der Waals surface area contributed by atoms with Gasteiger partial charge < -0.3 is 10.3 Å². The zero-order valence-electron chi connectivity index (χ0n) is 9.84. The van der Waals surface area contributed by atoms with Crippen molar-refractivity contribution < 1.29 is 0 Å². The third-order valence-electron chi connectivity index (χ3n) is 2.55. The Morgan fingerprint density at radius 2 is 2.06 bits per heavy atom. The van der Waals surface area contributed by atoms with Crippen molar-refractivity contribution in [2.75, 3.05) is 17.4 Å². The van der Waals surface area contributed by atoms with Gasteiger partial charge in [-0.15, -0.1) is 5.10 Å². The van der Waals surface area contributed by atoms with Gasteiger partial charge in [0.15, 0.2) is 0 Å². The molecule has 1 heterocycles. The van der Waals surface area contributed by atoms with Gasteiger partial charge in [-0.05, 0) is 19.1 Å². The minimum absolute atomic E-state index is 0.680. The molecule has 0 aliphatic carbocycles. The van der Waals surface area contributed by atoms with Gasteiger partial charge in [-0.1, -0.05) is 22.2 Å². The van der Waals surface area contributed by atoms with Crippen LogP contribution in [-0.4, -0.2) is 16.6 Å². The fourth-order valence-corrected chi connectivity index (χ4v) is 2.02. The molecule has 0 aliphatic rings. The highest BCUT2D eigenvalue weighted by molar-refractivity contribution is 7.10. The summed E-state index contributed by atoms with van der Waals surface area (Å²) in [6.45, 7) is 2.75. The number of rotatable bonds is 4. The second kappa shape index (κ2) is 5.11. The molecule has 2 rings (SSSR count). The predicted molar refractivity (Wildman–Crippen MR) is 71.0 cm³/mol. The summed E-state index contributed by atoms with van der Waals surface area (Å²) in [5.74, 6) is 5.39. The highest BCUT2D eigenvalue weighted by atomic mass is 32.1. The van der Waals surface area contributed by atoms with E-state index in [0.717, 1.165) is 16.4 Å². The number of nitrogens with zero attached hydrogens (tertiary/aromatic N) is 3. The number of hydrazine groups is 1. The molecule has 2 aromatic rings. The van der Waals surface area contributed by atoms with Gasteiger partial charge in [-0.25, -0.2) is 5.84 Å². The Kier molecular flexibility index (Phi) is 3.55. The summed E-state index contributed by atoms with van der Waals surface area (Å²) in [5.41, 5.74) is 5.87.